The second kappa shape index (κ2) is 2.69. The van der Waals surface area contributed by atoms with Crippen molar-refractivity contribution in [2.24, 2.45) is 0 Å². The summed E-state index contributed by atoms with van der Waals surface area (Å²) in [4.78, 5) is 12.5. The van der Waals surface area contributed by atoms with E-state index in [1.165, 1.54) is 0 Å². The van der Waals surface area contributed by atoms with Gasteiger partial charge in [-0.15, -0.1) is 0 Å². The summed E-state index contributed by atoms with van der Waals surface area (Å²) < 4.78 is 0. The van der Waals surface area contributed by atoms with E-state index in [2.05, 4.69) is 0 Å². The van der Waals surface area contributed by atoms with Gasteiger partial charge in [0.15, 0.2) is 0 Å². The molecule has 2 heteroatoms. The molecule has 1 aliphatic rings. The van der Waals surface area contributed by atoms with Crippen molar-refractivity contribution in [3.8, 4) is 0 Å². The number of rotatable bonds is 0. The van der Waals surface area contributed by atoms with Crippen molar-refractivity contribution in [3.05, 3.63) is 24.4 Å². The van der Waals surface area contributed by atoms with Crippen LogP contribution in [0.2, 0.25) is 0 Å². The minimum absolute atomic E-state index is 0.0908. The van der Waals surface area contributed by atoms with E-state index in [-0.39, 0.29) is 11.9 Å². The third-order valence-corrected chi connectivity index (χ3v) is 1.55. The Bertz CT molecular complexity index is 193. The number of hydrogen-bond acceptors (Lipinski definition) is 1. The maximum absolute atomic E-state index is 10.9. The molecule has 0 saturated heterocycles. The fourth-order valence-electron chi connectivity index (χ4n) is 0.988. The zero-order valence-electron chi connectivity index (χ0n) is 6.24. The summed E-state index contributed by atoms with van der Waals surface area (Å²) in [7, 11) is 0. The van der Waals surface area contributed by atoms with Crippen LogP contribution >= 0.6 is 0 Å². The lowest BCUT2D eigenvalue weighted by atomic mass is 10.2. The molecular formula is C8H11NO. The fraction of sp³-hybridized carbons (Fsp3) is 0.375. The summed E-state index contributed by atoms with van der Waals surface area (Å²) in [6, 6.07) is 0.211. The monoisotopic (exact) mass is 137 g/mol. The van der Waals surface area contributed by atoms with Crippen LogP contribution in [0.3, 0.4) is 0 Å². The van der Waals surface area contributed by atoms with Gasteiger partial charge in [0, 0.05) is 13.1 Å². The first-order valence-corrected chi connectivity index (χ1v) is 3.35. The Hall–Kier alpha value is -1.05. The quantitative estimate of drug-likeness (QED) is 0.493. The molecule has 0 aliphatic carbocycles. The van der Waals surface area contributed by atoms with Gasteiger partial charge in [-0.25, -0.2) is 0 Å². The lowest BCUT2D eigenvalue weighted by Crippen LogP contribution is -2.31. The molecule has 0 aromatic rings. The van der Waals surface area contributed by atoms with Gasteiger partial charge in [-0.2, -0.15) is 0 Å². The Balaban J connectivity index is 2.70. The number of carbonyl (C=O) groups is 1. The minimum atomic E-state index is 0.0908. The van der Waals surface area contributed by atoms with Crippen LogP contribution in [-0.2, 0) is 4.79 Å². The van der Waals surface area contributed by atoms with Gasteiger partial charge in [0.2, 0.25) is 5.91 Å². The van der Waals surface area contributed by atoms with Gasteiger partial charge in [-0.3, -0.25) is 4.79 Å². The van der Waals surface area contributed by atoms with E-state index in [1.54, 1.807) is 18.0 Å². The molecule has 54 valence electrons. The highest BCUT2D eigenvalue weighted by molar-refractivity contribution is 5.75. The average Bonchev–Trinajstić information content (AvgIpc) is 1.88. The molecule has 0 radical (unpaired) electrons. The van der Waals surface area contributed by atoms with Crippen molar-refractivity contribution in [1.82, 2.24) is 4.90 Å². The predicted molar refractivity (Wildman–Crippen MR) is 40.3 cm³/mol. The summed E-state index contributed by atoms with van der Waals surface area (Å²) in [5, 5.41) is 0. The van der Waals surface area contributed by atoms with Crippen LogP contribution in [-0.4, -0.2) is 16.8 Å². The van der Waals surface area contributed by atoms with Crippen LogP contribution in [0.25, 0.3) is 0 Å². The molecule has 1 heterocycles. The minimum Gasteiger partial charge on any atom is -0.313 e. The van der Waals surface area contributed by atoms with E-state index in [4.69, 9.17) is 0 Å². The largest absolute Gasteiger partial charge is 0.313 e. The smallest absolute Gasteiger partial charge is 0.223 e. The Kier molecular flexibility index (Phi) is 1.90. The van der Waals surface area contributed by atoms with Crippen molar-refractivity contribution in [3.63, 3.8) is 0 Å². The summed E-state index contributed by atoms with van der Waals surface area (Å²) in [5.41, 5.74) is 0. The lowest BCUT2D eigenvalue weighted by molar-refractivity contribution is -0.127. The van der Waals surface area contributed by atoms with E-state index in [0.717, 1.165) is 0 Å². The molecule has 0 N–H and O–H groups in total. The highest BCUT2D eigenvalue weighted by atomic mass is 16.2. The zero-order chi connectivity index (χ0) is 7.56. The Morgan fingerprint density at radius 1 is 1.50 bits per heavy atom. The number of hydrogen-bond donors (Lipinski definition) is 0. The molecule has 1 aliphatic heterocycles. The normalized spacial score (nSPS) is 23.4. The molecule has 1 unspecified atom stereocenters. The van der Waals surface area contributed by atoms with E-state index >= 15 is 0 Å². The van der Waals surface area contributed by atoms with Crippen molar-refractivity contribution >= 4 is 5.91 Å². The molecule has 0 bridgehead atoms. The van der Waals surface area contributed by atoms with E-state index in [1.807, 2.05) is 25.2 Å². The highest BCUT2D eigenvalue weighted by Gasteiger charge is 2.11. The van der Waals surface area contributed by atoms with Gasteiger partial charge >= 0.3 is 0 Å². The number of carbonyl (C=O) groups excluding carboxylic acids is 1. The number of allylic oxidation sites excluding steroid dienone is 2. The summed E-state index contributed by atoms with van der Waals surface area (Å²) in [5.74, 6) is 0.0908. The Morgan fingerprint density at radius 3 is 2.60 bits per heavy atom. The molecule has 0 fully saturated rings. The number of amides is 1. The van der Waals surface area contributed by atoms with Crippen LogP contribution in [0, 0.1) is 0 Å². The van der Waals surface area contributed by atoms with Crippen LogP contribution in [0.15, 0.2) is 24.4 Å². The topological polar surface area (TPSA) is 20.3 Å². The molecule has 0 spiro atoms. The Labute approximate surface area is 60.8 Å². The zero-order valence-corrected chi connectivity index (χ0v) is 6.24. The van der Waals surface area contributed by atoms with Crippen molar-refractivity contribution < 1.29 is 4.79 Å². The second-order valence-electron chi connectivity index (χ2n) is 2.39. The third-order valence-electron chi connectivity index (χ3n) is 1.55. The first kappa shape index (κ1) is 7.06. The fourth-order valence-corrected chi connectivity index (χ4v) is 0.988. The first-order valence-electron chi connectivity index (χ1n) is 3.35. The molecule has 0 aromatic carbocycles. The molecule has 2 nitrogen and oxygen atoms in total. The van der Waals surface area contributed by atoms with Gasteiger partial charge in [0.05, 0.1) is 6.04 Å². The highest BCUT2D eigenvalue weighted by Crippen LogP contribution is 2.06. The van der Waals surface area contributed by atoms with E-state index < -0.39 is 0 Å². The van der Waals surface area contributed by atoms with Crippen molar-refractivity contribution in [1.29, 1.82) is 0 Å². The van der Waals surface area contributed by atoms with E-state index in [9.17, 15) is 4.79 Å². The van der Waals surface area contributed by atoms with Crippen molar-refractivity contribution in [2.75, 3.05) is 0 Å². The lowest BCUT2D eigenvalue weighted by Gasteiger charge is -2.23. The first-order chi connectivity index (χ1) is 4.72. The standard InChI is InChI=1S/C8H11NO/c1-7-5-3-4-6-9(7)8(2)10/h3-7H,1-2H3. The van der Waals surface area contributed by atoms with Crippen molar-refractivity contribution in [2.45, 2.75) is 19.9 Å². The molecule has 0 saturated carbocycles. The van der Waals surface area contributed by atoms with Crippen LogP contribution in [0.5, 0.6) is 0 Å². The maximum atomic E-state index is 10.9. The summed E-state index contributed by atoms with van der Waals surface area (Å²) >= 11 is 0. The molecule has 10 heavy (non-hydrogen) atoms. The molecule has 1 rings (SSSR count). The van der Waals surface area contributed by atoms with Gasteiger partial charge < -0.3 is 4.90 Å². The van der Waals surface area contributed by atoms with Gasteiger partial charge in [0.1, 0.15) is 0 Å². The van der Waals surface area contributed by atoms with Crippen LogP contribution in [0.4, 0.5) is 0 Å². The SMILES string of the molecule is CC(=O)N1C=CC=CC1C. The third kappa shape index (κ3) is 1.26. The Morgan fingerprint density at radius 2 is 2.20 bits per heavy atom. The summed E-state index contributed by atoms with van der Waals surface area (Å²) in [6.07, 6.45) is 7.60. The molecule has 0 aromatic heterocycles. The van der Waals surface area contributed by atoms with Crippen LogP contribution in [0.1, 0.15) is 13.8 Å². The molecular weight excluding hydrogens is 126 g/mol. The average molecular weight is 137 g/mol. The predicted octanol–water partition coefficient (Wildman–Crippen LogP) is 1.31. The number of nitrogens with zero attached hydrogens (tertiary/aromatic N) is 1. The summed E-state index contributed by atoms with van der Waals surface area (Å²) in [6.45, 7) is 3.56. The van der Waals surface area contributed by atoms with Crippen LogP contribution < -0.4 is 0 Å². The van der Waals surface area contributed by atoms with Gasteiger partial charge in [0.25, 0.3) is 0 Å². The molecule has 1 atom stereocenters. The van der Waals surface area contributed by atoms with Gasteiger partial charge in [-0.05, 0) is 13.0 Å². The van der Waals surface area contributed by atoms with Gasteiger partial charge in [-0.1, -0.05) is 12.2 Å². The molecule has 1 amide bonds. The maximum Gasteiger partial charge on any atom is 0.223 e. The van der Waals surface area contributed by atoms with E-state index in [0.29, 0.717) is 0 Å². The second-order valence-corrected chi connectivity index (χ2v) is 2.39.